The fourth-order valence-corrected chi connectivity index (χ4v) is 3.11. The Bertz CT molecular complexity index is 477. The number of rotatable bonds is 13. The summed E-state index contributed by atoms with van der Waals surface area (Å²) in [6, 6.07) is 0. The van der Waals surface area contributed by atoms with Crippen LogP contribution in [0.2, 0.25) is 0 Å². The molecule has 0 heterocycles. The van der Waals surface area contributed by atoms with Crippen molar-refractivity contribution in [2.45, 2.75) is 90.9 Å². The summed E-state index contributed by atoms with van der Waals surface area (Å²) in [6.07, 6.45) is 16.4. The molecular weight excluding hydrogens is 328 g/mol. The van der Waals surface area contributed by atoms with Gasteiger partial charge in [0.05, 0.1) is 6.61 Å². The van der Waals surface area contributed by atoms with E-state index in [2.05, 4.69) is 13.8 Å². The van der Waals surface area contributed by atoms with Crippen LogP contribution in [0.5, 0.6) is 0 Å². The molecule has 0 fully saturated rings. The largest absolute Gasteiger partial charge is 0.463 e. The molecule has 26 heavy (non-hydrogen) atoms. The third-order valence-electron chi connectivity index (χ3n) is 4.87. The van der Waals surface area contributed by atoms with Crippen LogP contribution in [0.15, 0.2) is 23.3 Å². The predicted octanol–water partition coefficient (Wildman–Crippen LogP) is 5.66. The van der Waals surface area contributed by atoms with Gasteiger partial charge in [0.15, 0.2) is 0 Å². The molecule has 1 rings (SSSR count). The molecule has 0 aromatic rings. The number of hydrogen-bond acceptors (Lipinski definition) is 4. The molecule has 148 valence electrons. The van der Waals surface area contributed by atoms with Gasteiger partial charge >= 0.3 is 11.9 Å². The first-order chi connectivity index (χ1) is 12.6. The number of allylic oxidation sites excluding steroid dienone is 1. The van der Waals surface area contributed by atoms with Crippen molar-refractivity contribution in [3.63, 3.8) is 0 Å². The normalized spacial score (nSPS) is 14.7. The lowest BCUT2D eigenvalue weighted by molar-refractivity contribution is -0.140. The monoisotopic (exact) mass is 364 g/mol. The quantitative estimate of drug-likeness (QED) is 0.183. The van der Waals surface area contributed by atoms with E-state index in [1.165, 1.54) is 56.1 Å². The zero-order valence-corrected chi connectivity index (χ0v) is 16.7. The molecule has 0 aromatic heterocycles. The van der Waals surface area contributed by atoms with Crippen molar-refractivity contribution in [1.82, 2.24) is 0 Å². The number of carbonyl (C=O) groups excluding carboxylic acids is 2. The number of esters is 2. The molecule has 4 heteroatoms. The van der Waals surface area contributed by atoms with Gasteiger partial charge in [-0.05, 0) is 44.6 Å². The standard InChI is InChI=1S/C22H36O4/c1-3-4-5-6-7-8-9-12-17-25-21(23)15-16-22(24)26-18-20-14-11-10-13-19(20)2/h15-16H,3-14,17-18H2,1-2H3/b16-15+. The van der Waals surface area contributed by atoms with Gasteiger partial charge in [-0.2, -0.15) is 0 Å². The predicted molar refractivity (Wildman–Crippen MR) is 105 cm³/mol. The third kappa shape index (κ3) is 11.1. The summed E-state index contributed by atoms with van der Waals surface area (Å²) < 4.78 is 10.3. The first-order valence-corrected chi connectivity index (χ1v) is 10.3. The lowest BCUT2D eigenvalue weighted by Gasteiger charge is -2.17. The first kappa shape index (κ1) is 22.5. The highest BCUT2D eigenvalue weighted by atomic mass is 16.5. The van der Waals surface area contributed by atoms with E-state index < -0.39 is 11.9 Å². The van der Waals surface area contributed by atoms with Crippen LogP contribution in [-0.2, 0) is 19.1 Å². The average Bonchev–Trinajstić information content (AvgIpc) is 2.64. The van der Waals surface area contributed by atoms with Crippen molar-refractivity contribution in [3.05, 3.63) is 23.3 Å². The summed E-state index contributed by atoms with van der Waals surface area (Å²) in [4.78, 5) is 23.3. The molecule has 0 atom stereocenters. The average molecular weight is 365 g/mol. The second kappa shape index (κ2) is 14.6. The summed E-state index contributed by atoms with van der Waals surface area (Å²) >= 11 is 0. The van der Waals surface area contributed by atoms with Crippen molar-refractivity contribution >= 4 is 11.9 Å². The molecular formula is C22H36O4. The molecule has 0 saturated carbocycles. The number of hydrogen-bond donors (Lipinski definition) is 0. The fraction of sp³-hybridized carbons (Fsp3) is 0.727. The van der Waals surface area contributed by atoms with Crippen LogP contribution in [0.1, 0.15) is 90.9 Å². The van der Waals surface area contributed by atoms with E-state index in [-0.39, 0.29) is 0 Å². The molecule has 0 N–H and O–H groups in total. The van der Waals surface area contributed by atoms with Gasteiger partial charge in [0.2, 0.25) is 0 Å². The molecule has 1 aliphatic rings. The highest BCUT2D eigenvalue weighted by molar-refractivity contribution is 5.91. The molecule has 0 spiro atoms. The Morgan fingerprint density at radius 3 is 2.08 bits per heavy atom. The number of ether oxygens (including phenoxy) is 2. The van der Waals surface area contributed by atoms with E-state index >= 15 is 0 Å². The fourth-order valence-electron chi connectivity index (χ4n) is 3.11. The van der Waals surface area contributed by atoms with Gasteiger partial charge in [-0.25, -0.2) is 9.59 Å². The SMILES string of the molecule is CCCCCCCCCCOC(=O)/C=C/C(=O)OCC1=C(C)CCCC1. The van der Waals surface area contributed by atoms with Crippen LogP contribution >= 0.6 is 0 Å². The summed E-state index contributed by atoms with van der Waals surface area (Å²) in [6.45, 7) is 5.07. The van der Waals surface area contributed by atoms with E-state index in [0.29, 0.717) is 13.2 Å². The topological polar surface area (TPSA) is 52.6 Å². The number of unbranched alkanes of at least 4 members (excludes halogenated alkanes) is 7. The Morgan fingerprint density at radius 2 is 1.42 bits per heavy atom. The van der Waals surface area contributed by atoms with Crippen molar-refractivity contribution in [3.8, 4) is 0 Å². The molecule has 0 amide bonds. The van der Waals surface area contributed by atoms with Crippen molar-refractivity contribution in [1.29, 1.82) is 0 Å². The third-order valence-corrected chi connectivity index (χ3v) is 4.87. The molecule has 1 aliphatic carbocycles. The maximum absolute atomic E-state index is 11.7. The van der Waals surface area contributed by atoms with Crippen LogP contribution < -0.4 is 0 Å². The van der Waals surface area contributed by atoms with E-state index in [1.54, 1.807) is 0 Å². The minimum Gasteiger partial charge on any atom is -0.463 e. The Kier molecular flexibility index (Phi) is 12.6. The lowest BCUT2D eigenvalue weighted by Crippen LogP contribution is -2.10. The molecule has 0 bridgehead atoms. The minimum atomic E-state index is -0.486. The Hall–Kier alpha value is -1.58. The van der Waals surface area contributed by atoms with Crippen molar-refractivity contribution in [2.75, 3.05) is 13.2 Å². The number of carbonyl (C=O) groups is 2. The molecule has 0 radical (unpaired) electrons. The van der Waals surface area contributed by atoms with Gasteiger partial charge in [-0.15, -0.1) is 0 Å². The van der Waals surface area contributed by atoms with E-state index in [1.807, 2.05) is 0 Å². The zero-order valence-electron chi connectivity index (χ0n) is 16.7. The molecule has 0 aliphatic heterocycles. The second-order valence-corrected chi connectivity index (χ2v) is 7.17. The van der Waals surface area contributed by atoms with E-state index in [4.69, 9.17) is 9.47 Å². The highest BCUT2D eigenvalue weighted by Crippen LogP contribution is 2.24. The maximum atomic E-state index is 11.7. The van der Waals surface area contributed by atoms with Gasteiger partial charge in [0.1, 0.15) is 6.61 Å². The first-order valence-electron chi connectivity index (χ1n) is 10.3. The van der Waals surface area contributed by atoms with Crippen molar-refractivity contribution < 1.29 is 19.1 Å². The highest BCUT2D eigenvalue weighted by Gasteiger charge is 2.10. The molecule has 0 unspecified atom stereocenters. The molecule has 0 saturated heterocycles. The maximum Gasteiger partial charge on any atom is 0.331 e. The smallest absolute Gasteiger partial charge is 0.331 e. The van der Waals surface area contributed by atoms with Crippen molar-refractivity contribution in [2.24, 2.45) is 0 Å². The summed E-state index contributed by atoms with van der Waals surface area (Å²) in [5.74, 6) is -0.960. The summed E-state index contributed by atoms with van der Waals surface area (Å²) in [7, 11) is 0. The van der Waals surface area contributed by atoms with Gasteiger partial charge in [0, 0.05) is 12.2 Å². The van der Waals surface area contributed by atoms with Crippen LogP contribution in [0, 0.1) is 0 Å². The van der Waals surface area contributed by atoms with E-state index in [9.17, 15) is 9.59 Å². The Labute approximate surface area is 159 Å². The van der Waals surface area contributed by atoms with Gasteiger partial charge in [0.25, 0.3) is 0 Å². The Balaban J connectivity index is 2.04. The van der Waals surface area contributed by atoms with Crippen LogP contribution in [0.3, 0.4) is 0 Å². The lowest BCUT2D eigenvalue weighted by atomic mass is 9.93. The zero-order chi connectivity index (χ0) is 19.0. The van der Waals surface area contributed by atoms with Crippen LogP contribution in [0.4, 0.5) is 0 Å². The van der Waals surface area contributed by atoms with Gasteiger partial charge in [-0.3, -0.25) is 0 Å². The Morgan fingerprint density at radius 1 is 0.846 bits per heavy atom. The van der Waals surface area contributed by atoms with Crippen LogP contribution in [0.25, 0.3) is 0 Å². The summed E-state index contributed by atoms with van der Waals surface area (Å²) in [5, 5.41) is 0. The minimum absolute atomic E-state index is 0.336. The van der Waals surface area contributed by atoms with Gasteiger partial charge < -0.3 is 9.47 Å². The second-order valence-electron chi connectivity index (χ2n) is 7.17. The molecule has 0 aromatic carbocycles. The summed E-state index contributed by atoms with van der Waals surface area (Å²) in [5.41, 5.74) is 2.55. The van der Waals surface area contributed by atoms with E-state index in [0.717, 1.165) is 44.3 Å². The van der Waals surface area contributed by atoms with Gasteiger partial charge in [-0.1, -0.05) is 57.4 Å². The molecule has 4 nitrogen and oxygen atoms in total. The van der Waals surface area contributed by atoms with Crippen LogP contribution in [-0.4, -0.2) is 25.2 Å².